The fourth-order valence-corrected chi connectivity index (χ4v) is 0.947. The van der Waals surface area contributed by atoms with Crippen LogP contribution in [0.1, 0.15) is 34.1 Å². The standard InChI is InChI=1S/C7H16N2.2C2H6/c1-8(2)6-7-9-4-3-5-9;2*1-2/h3-7H2,1-2H3;2*1-2H3. The average Bonchev–Trinajstić information content (AvgIpc) is 2.08. The van der Waals surface area contributed by atoms with Gasteiger partial charge in [0.25, 0.3) is 0 Å². The fourth-order valence-electron chi connectivity index (χ4n) is 0.947. The van der Waals surface area contributed by atoms with Gasteiger partial charge < -0.3 is 9.80 Å². The number of likely N-dealkylation sites (tertiary alicyclic amines) is 1. The van der Waals surface area contributed by atoms with E-state index in [9.17, 15) is 0 Å². The molecule has 1 rings (SSSR count). The molecule has 82 valence electrons. The van der Waals surface area contributed by atoms with Crippen LogP contribution in [0.3, 0.4) is 0 Å². The molecule has 0 saturated carbocycles. The molecule has 0 spiro atoms. The number of likely N-dealkylation sites (N-methyl/N-ethyl adjacent to an activating group) is 1. The molecule has 0 atom stereocenters. The summed E-state index contributed by atoms with van der Waals surface area (Å²) in [6.45, 7) is 13.1. The molecule has 2 nitrogen and oxygen atoms in total. The molecule has 0 aromatic carbocycles. The molecule has 0 N–H and O–H groups in total. The first kappa shape index (κ1) is 15.4. The van der Waals surface area contributed by atoms with Crippen LogP contribution in [0.2, 0.25) is 0 Å². The maximum absolute atomic E-state index is 2.49. The van der Waals surface area contributed by atoms with Gasteiger partial charge in [0.2, 0.25) is 0 Å². The van der Waals surface area contributed by atoms with Gasteiger partial charge in [-0.2, -0.15) is 0 Å². The molecule has 0 unspecified atom stereocenters. The monoisotopic (exact) mass is 188 g/mol. The molecule has 0 radical (unpaired) electrons. The second kappa shape index (κ2) is 11.9. The predicted octanol–water partition coefficient (Wildman–Crippen LogP) is 2.31. The molecule has 1 heterocycles. The third-order valence-electron chi connectivity index (χ3n) is 1.81. The zero-order valence-electron chi connectivity index (χ0n) is 10.4. The molecule has 13 heavy (non-hydrogen) atoms. The summed E-state index contributed by atoms with van der Waals surface area (Å²) >= 11 is 0. The zero-order chi connectivity index (χ0) is 10.7. The Bertz CT molecular complexity index is 78.2. The van der Waals surface area contributed by atoms with Gasteiger partial charge in [0.05, 0.1) is 0 Å². The minimum atomic E-state index is 1.21. The van der Waals surface area contributed by atoms with Crippen LogP contribution in [-0.2, 0) is 0 Å². The molecule has 1 saturated heterocycles. The topological polar surface area (TPSA) is 6.48 Å². The van der Waals surface area contributed by atoms with E-state index >= 15 is 0 Å². The maximum atomic E-state index is 2.49. The Morgan fingerprint density at radius 3 is 1.69 bits per heavy atom. The molecule has 1 aliphatic rings. The Balaban J connectivity index is 0. The minimum absolute atomic E-state index is 1.21. The van der Waals surface area contributed by atoms with Gasteiger partial charge in [0.1, 0.15) is 0 Å². The number of hydrogen-bond acceptors (Lipinski definition) is 2. The first-order valence-corrected chi connectivity index (χ1v) is 5.66. The van der Waals surface area contributed by atoms with Crippen LogP contribution >= 0.6 is 0 Å². The minimum Gasteiger partial charge on any atom is -0.308 e. The summed E-state index contributed by atoms with van der Waals surface area (Å²) in [5.41, 5.74) is 0. The number of rotatable bonds is 3. The number of nitrogens with zero attached hydrogens (tertiary/aromatic N) is 2. The van der Waals surface area contributed by atoms with Gasteiger partial charge in [-0.3, -0.25) is 0 Å². The summed E-state index contributed by atoms with van der Waals surface area (Å²) in [4.78, 5) is 4.72. The third-order valence-corrected chi connectivity index (χ3v) is 1.81. The first-order valence-electron chi connectivity index (χ1n) is 5.66. The molecule has 0 bridgehead atoms. The second-order valence-electron chi connectivity index (χ2n) is 3.00. The second-order valence-corrected chi connectivity index (χ2v) is 3.00. The van der Waals surface area contributed by atoms with Crippen molar-refractivity contribution in [1.29, 1.82) is 0 Å². The van der Waals surface area contributed by atoms with Gasteiger partial charge in [0.15, 0.2) is 0 Å². The smallest absolute Gasteiger partial charge is 0.0109 e. The van der Waals surface area contributed by atoms with Crippen LogP contribution in [0, 0.1) is 0 Å². The van der Waals surface area contributed by atoms with E-state index in [4.69, 9.17) is 0 Å². The molecule has 1 aliphatic heterocycles. The highest BCUT2D eigenvalue weighted by molar-refractivity contribution is 4.68. The van der Waals surface area contributed by atoms with Crippen LogP contribution in [0.4, 0.5) is 0 Å². The van der Waals surface area contributed by atoms with Gasteiger partial charge in [-0.05, 0) is 33.6 Å². The van der Waals surface area contributed by atoms with Crippen molar-refractivity contribution in [3.8, 4) is 0 Å². The Kier molecular flexibility index (Phi) is 14.1. The van der Waals surface area contributed by atoms with Gasteiger partial charge in [-0.1, -0.05) is 27.7 Å². The maximum Gasteiger partial charge on any atom is 0.0109 e. The van der Waals surface area contributed by atoms with Crippen LogP contribution < -0.4 is 0 Å². The summed E-state index contributed by atoms with van der Waals surface area (Å²) in [7, 11) is 4.25. The van der Waals surface area contributed by atoms with Crippen molar-refractivity contribution < 1.29 is 0 Å². The van der Waals surface area contributed by atoms with Crippen molar-refractivity contribution in [2.24, 2.45) is 0 Å². The van der Waals surface area contributed by atoms with Gasteiger partial charge in [-0.15, -0.1) is 0 Å². The molecule has 0 amide bonds. The highest BCUT2D eigenvalue weighted by atomic mass is 15.2. The highest BCUT2D eigenvalue weighted by Crippen LogP contribution is 2.03. The van der Waals surface area contributed by atoms with E-state index in [2.05, 4.69) is 23.9 Å². The zero-order valence-corrected chi connectivity index (χ0v) is 10.4. The predicted molar refractivity (Wildman–Crippen MR) is 62.3 cm³/mol. The van der Waals surface area contributed by atoms with Gasteiger partial charge in [0, 0.05) is 13.1 Å². The van der Waals surface area contributed by atoms with Crippen LogP contribution in [0.5, 0.6) is 0 Å². The summed E-state index contributed by atoms with van der Waals surface area (Å²) in [5, 5.41) is 0. The van der Waals surface area contributed by atoms with Crippen molar-refractivity contribution in [2.45, 2.75) is 34.1 Å². The Hall–Kier alpha value is -0.0800. The molecular weight excluding hydrogens is 160 g/mol. The first-order chi connectivity index (χ1) is 6.29. The summed E-state index contributed by atoms with van der Waals surface area (Å²) < 4.78 is 0. The van der Waals surface area contributed by atoms with Crippen LogP contribution in [0.15, 0.2) is 0 Å². The third kappa shape index (κ3) is 9.84. The fraction of sp³-hybridized carbons (Fsp3) is 1.00. The SMILES string of the molecule is CC.CC.CN(C)CCN1CCC1. The van der Waals surface area contributed by atoms with E-state index in [-0.39, 0.29) is 0 Å². The molecule has 0 aromatic heterocycles. The van der Waals surface area contributed by atoms with E-state index in [0.29, 0.717) is 0 Å². The molecule has 0 aliphatic carbocycles. The van der Waals surface area contributed by atoms with Crippen molar-refractivity contribution >= 4 is 0 Å². The lowest BCUT2D eigenvalue weighted by Crippen LogP contribution is -2.41. The summed E-state index contributed by atoms with van der Waals surface area (Å²) in [6.07, 6.45) is 1.41. The molecule has 2 heteroatoms. The lowest BCUT2D eigenvalue weighted by Gasteiger charge is -2.31. The molecule has 1 fully saturated rings. The Morgan fingerprint density at radius 2 is 1.46 bits per heavy atom. The van der Waals surface area contributed by atoms with E-state index in [0.717, 1.165) is 0 Å². The summed E-state index contributed by atoms with van der Waals surface area (Å²) in [6, 6.07) is 0. The Morgan fingerprint density at radius 1 is 1.00 bits per heavy atom. The van der Waals surface area contributed by atoms with Crippen LogP contribution in [-0.4, -0.2) is 50.1 Å². The van der Waals surface area contributed by atoms with E-state index in [1.807, 2.05) is 27.7 Å². The van der Waals surface area contributed by atoms with E-state index in [1.54, 1.807) is 0 Å². The highest BCUT2D eigenvalue weighted by Gasteiger charge is 2.12. The van der Waals surface area contributed by atoms with Crippen molar-refractivity contribution in [1.82, 2.24) is 9.80 Å². The normalized spacial score (nSPS) is 15.0. The van der Waals surface area contributed by atoms with Gasteiger partial charge >= 0.3 is 0 Å². The average molecular weight is 188 g/mol. The Labute approximate surface area is 84.9 Å². The van der Waals surface area contributed by atoms with E-state index < -0.39 is 0 Å². The quantitative estimate of drug-likeness (QED) is 0.670. The summed E-state index contributed by atoms with van der Waals surface area (Å²) in [5.74, 6) is 0. The van der Waals surface area contributed by atoms with Crippen molar-refractivity contribution in [3.63, 3.8) is 0 Å². The van der Waals surface area contributed by atoms with Crippen LogP contribution in [0.25, 0.3) is 0 Å². The van der Waals surface area contributed by atoms with Crippen molar-refractivity contribution in [3.05, 3.63) is 0 Å². The van der Waals surface area contributed by atoms with Crippen molar-refractivity contribution in [2.75, 3.05) is 40.3 Å². The number of hydrogen-bond donors (Lipinski definition) is 0. The lowest BCUT2D eigenvalue weighted by molar-refractivity contribution is 0.165. The molecular formula is C11H28N2. The van der Waals surface area contributed by atoms with E-state index in [1.165, 1.54) is 32.6 Å². The largest absolute Gasteiger partial charge is 0.308 e. The molecule has 0 aromatic rings. The van der Waals surface area contributed by atoms with Gasteiger partial charge in [-0.25, -0.2) is 0 Å². The lowest BCUT2D eigenvalue weighted by atomic mass is 10.2.